The molecule has 2 aromatic heterocycles. The van der Waals surface area contributed by atoms with Crippen molar-refractivity contribution in [2.24, 2.45) is 0 Å². The van der Waals surface area contributed by atoms with Crippen molar-refractivity contribution in [2.75, 3.05) is 6.61 Å². The molecule has 5 rings (SSSR count). The second kappa shape index (κ2) is 9.26. The number of benzene rings is 2. The normalized spacial score (nSPS) is 13.0. The van der Waals surface area contributed by atoms with Gasteiger partial charge >= 0.3 is 0 Å². The molecule has 0 aliphatic heterocycles. The third-order valence-corrected chi connectivity index (χ3v) is 7.04. The second-order valence-corrected chi connectivity index (χ2v) is 9.20. The number of fused-ring (bicyclic) bond motifs is 3. The summed E-state index contributed by atoms with van der Waals surface area (Å²) >= 11 is 1.61. The number of aryl methyl sites for hydroxylation is 2. The van der Waals surface area contributed by atoms with Gasteiger partial charge in [-0.25, -0.2) is 4.98 Å². The molecular weight excluding hydrogens is 454 g/mol. The summed E-state index contributed by atoms with van der Waals surface area (Å²) in [5, 5.41) is 11.7. The van der Waals surface area contributed by atoms with Gasteiger partial charge in [0, 0.05) is 22.6 Å². The zero-order valence-corrected chi connectivity index (χ0v) is 19.4. The Morgan fingerprint density at radius 1 is 1.12 bits per heavy atom. The van der Waals surface area contributed by atoms with Crippen LogP contribution in [0.1, 0.15) is 35.8 Å². The molecule has 0 spiro atoms. The monoisotopic (exact) mass is 477 g/mol. The van der Waals surface area contributed by atoms with Crippen LogP contribution in [-0.4, -0.2) is 21.5 Å². The molecular formula is C25H23N3O5S. The van der Waals surface area contributed by atoms with Crippen molar-refractivity contribution in [3.05, 3.63) is 78.9 Å². The molecule has 8 nitrogen and oxygen atoms in total. The molecule has 0 saturated carbocycles. The maximum atomic E-state index is 12.9. The molecule has 174 valence electrons. The molecule has 0 amide bonds. The van der Waals surface area contributed by atoms with Gasteiger partial charge in [-0.2, -0.15) is 0 Å². The van der Waals surface area contributed by atoms with Gasteiger partial charge in [-0.1, -0.05) is 12.1 Å². The zero-order valence-electron chi connectivity index (χ0n) is 18.6. The van der Waals surface area contributed by atoms with Crippen LogP contribution in [0.15, 0.2) is 47.3 Å². The average Bonchev–Trinajstić information content (AvgIpc) is 3.22. The number of aromatic amines is 1. The molecule has 2 heterocycles. The Kier molecular flexibility index (Phi) is 6.02. The van der Waals surface area contributed by atoms with E-state index in [1.807, 2.05) is 13.0 Å². The molecule has 0 saturated heterocycles. The Morgan fingerprint density at radius 2 is 1.97 bits per heavy atom. The van der Waals surface area contributed by atoms with Crippen LogP contribution in [-0.2, 0) is 19.4 Å². The SMILES string of the molecule is CCOc1cc(-c2nc3sc4c(c3c(=O)[nH]2)CCCC4)ccc1OCc1cccc([N+](=O)[O-])c1. The van der Waals surface area contributed by atoms with E-state index in [0.29, 0.717) is 29.5 Å². The number of nitro benzene ring substituents is 1. The van der Waals surface area contributed by atoms with Gasteiger partial charge in [0.1, 0.15) is 17.3 Å². The van der Waals surface area contributed by atoms with Crippen molar-refractivity contribution in [1.29, 1.82) is 0 Å². The summed E-state index contributed by atoms with van der Waals surface area (Å²) in [7, 11) is 0. The minimum atomic E-state index is -0.432. The Balaban J connectivity index is 1.45. The van der Waals surface area contributed by atoms with Crippen molar-refractivity contribution < 1.29 is 14.4 Å². The van der Waals surface area contributed by atoms with Gasteiger partial charge in [0.05, 0.1) is 16.9 Å². The van der Waals surface area contributed by atoms with Crippen molar-refractivity contribution in [1.82, 2.24) is 9.97 Å². The van der Waals surface area contributed by atoms with Crippen LogP contribution in [0.5, 0.6) is 11.5 Å². The molecule has 34 heavy (non-hydrogen) atoms. The topological polar surface area (TPSA) is 107 Å². The lowest BCUT2D eigenvalue weighted by molar-refractivity contribution is -0.384. The van der Waals surface area contributed by atoms with Gasteiger partial charge in [0.2, 0.25) is 0 Å². The standard InChI is InChI=1S/C25H23N3O5S/c1-2-32-20-13-16(10-11-19(20)33-14-15-6-5-7-17(12-15)28(30)31)23-26-24(29)22-18-8-3-4-9-21(18)34-25(22)27-23/h5-7,10-13H,2-4,8-9,14H2,1H3,(H,26,27,29). The highest BCUT2D eigenvalue weighted by atomic mass is 32.1. The average molecular weight is 478 g/mol. The van der Waals surface area contributed by atoms with E-state index in [9.17, 15) is 14.9 Å². The number of H-pyrrole nitrogens is 1. The van der Waals surface area contributed by atoms with E-state index in [4.69, 9.17) is 14.5 Å². The highest BCUT2D eigenvalue weighted by molar-refractivity contribution is 7.18. The summed E-state index contributed by atoms with van der Waals surface area (Å²) in [6, 6.07) is 11.7. The van der Waals surface area contributed by atoms with E-state index in [-0.39, 0.29) is 17.9 Å². The number of aromatic nitrogens is 2. The molecule has 1 N–H and O–H groups in total. The Bertz CT molecular complexity index is 1440. The first-order chi connectivity index (χ1) is 16.5. The van der Waals surface area contributed by atoms with Crippen LogP contribution in [0.2, 0.25) is 0 Å². The molecule has 0 atom stereocenters. The van der Waals surface area contributed by atoms with Crippen LogP contribution < -0.4 is 15.0 Å². The van der Waals surface area contributed by atoms with Gasteiger partial charge in [-0.05, 0) is 61.9 Å². The third kappa shape index (κ3) is 4.26. The molecule has 1 aliphatic rings. The van der Waals surface area contributed by atoms with Gasteiger partial charge in [-0.15, -0.1) is 11.3 Å². The van der Waals surface area contributed by atoms with Gasteiger partial charge in [-0.3, -0.25) is 14.9 Å². The van der Waals surface area contributed by atoms with Crippen LogP contribution in [0.25, 0.3) is 21.6 Å². The zero-order chi connectivity index (χ0) is 23.7. The third-order valence-electron chi connectivity index (χ3n) is 5.86. The molecule has 4 aromatic rings. The predicted molar refractivity (Wildman–Crippen MR) is 131 cm³/mol. The molecule has 1 aliphatic carbocycles. The van der Waals surface area contributed by atoms with E-state index >= 15 is 0 Å². The molecule has 0 fully saturated rings. The quantitative estimate of drug-likeness (QED) is 0.281. The molecule has 9 heteroatoms. The lowest BCUT2D eigenvalue weighted by Gasteiger charge is -2.13. The van der Waals surface area contributed by atoms with Gasteiger partial charge < -0.3 is 14.5 Å². The highest BCUT2D eigenvalue weighted by Gasteiger charge is 2.20. The maximum absolute atomic E-state index is 12.9. The first kappa shape index (κ1) is 22.1. The number of rotatable bonds is 7. The summed E-state index contributed by atoms with van der Waals surface area (Å²) < 4.78 is 11.7. The summed E-state index contributed by atoms with van der Waals surface area (Å²) in [6.45, 7) is 2.46. The van der Waals surface area contributed by atoms with Crippen LogP contribution in [0.4, 0.5) is 5.69 Å². The van der Waals surface area contributed by atoms with E-state index in [2.05, 4.69) is 4.98 Å². The van der Waals surface area contributed by atoms with Crippen molar-refractivity contribution >= 4 is 27.2 Å². The first-order valence-corrected chi connectivity index (χ1v) is 12.0. The predicted octanol–water partition coefficient (Wildman–Crippen LogP) is 5.42. The van der Waals surface area contributed by atoms with Crippen molar-refractivity contribution in [3.63, 3.8) is 0 Å². The lowest BCUT2D eigenvalue weighted by atomic mass is 9.97. The maximum Gasteiger partial charge on any atom is 0.269 e. The summed E-state index contributed by atoms with van der Waals surface area (Å²) in [5.74, 6) is 1.51. The molecule has 0 bridgehead atoms. The Hall–Kier alpha value is -3.72. The molecule has 0 radical (unpaired) electrons. The summed E-state index contributed by atoms with van der Waals surface area (Å²) in [5.41, 5.74) is 2.47. The van der Waals surface area contributed by atoms with Crippen molar-refractivity contribution in [2.45, 2.75) is 39.2 Å². The van der Waals surface area contributed by atoms with E-state index < -0.39 is 4.92 Å². The van der Waals surface area contributed by atoms with Crippen LogP contribution >= 0.6 is 11.3 Å². The van der Waals surface area contributed by atoms with Gasteiger partial charge in [0.15, 0.2) is 11.5 Å². The molecule has 0 unspecified atom stereocenters. The van der Waals surface area contributed by atoms with Crippen LogP contribution in [0.3, 0.4) is 0 Å². The fourth-order valence-electron chi connectivity index (χ4n) is 4.26. The Morgan fingerprint density at radius 3 is 2.79 bits per heavy atom. The van der Waals surface area contributed by atoms with Gasteiger partial charge in [0.25, 0.3) is 11.2 Å². The minimum Gasteiger partial charge on any atom is -0.490 e. The fourth-order valence-corrected chi connectivity index (χ4v) is 5.53. The van der Waals surface area contributed by atoms with E-state index in [1.165, 1.54) is 17.0 Å². The smallest absolute Gasteiger partial charge is 0.269 e. The number of non-ortho nitro benzene ring substituents is 1. The fraction of sp³-hybridized carbons (Fsp3) is 0.280. The number of nitro groups is 1. The largest absolute Gasteiger partial charge is 0.490 e. The summed E-state index contributed by atoms with van der Waals surface area (Å²) in [6.07, 6.45) is 4.20. The van der Waals surface area contributed by atoms with Crippen LogP contribution in [0, 0.1) is 10.1 Å². The summed E-state index contributed by atoms with van der Waals surface area (Å²) in [4.78, 5) is 33.3. The number of nitrogens with one attached hydrogen (secondary N) is 1. The lowest BCUT2D eigenvalue weighted by Crippen LogP contribution is -2.11. The van der Waals surface area contributed by atoms with Crippen molar-refractivity contribution in [3.8, 4) is 22.9 Å². The number of hydrogen-bond donors (Lipinski definition) is 1. The highest BCUT2D eigenvalue weighted by Crippen LogP contribution is 2.36. The Labute approximate surface area is 199 Å². The number of thiophene rings is 1. The number of nitrogens with zero attached hydrogens (tertiary/aromatic N) is 2. The minimum absolute atomic E-state index is 0.0159. The number of hydrogen-bond acceptors (Lipinski definition) is 7. The van der Waals surface area contributed by atoms with E-state index in [0.717, 1.165) is 47.0 Å². The van der Waals surface area contributed by atoms with E-state index in [1.54, 1.807) is 35.6 Å². The first-order valence-electron chi connectivity index (χ1n) is 11.2. The second-order valence-electron chi connectivity index (χ2n) is 8.12. The molecule has 2 aromatic carbocycles. The number of ether oxygens (including phenoxy) is 2.